The maximum Gasteiger partial charge on any atom is 0.224 e. The van der Waals surface area contributed by atoms with Crippen LogP contribution in [0.1, 0.15) is 23.1 Å². The number of nitrogens with zero attached hydrogens (tertiary/aromatic N) is 2. The van der Waals surface area contributed by atoms with Crippen LogP contribution in [-0.4, -0.2) is 41.9 Å². The number of hydrogen-bond donors (Lipinski definition) is 0. The highest BCUT2D eigenvalue weighted by Crippen LogP contribution is 2.26. The molecule has 2 heterocycles. The van der Waals surface area contributed by atoms with Gasteiger partial charge in [0.2, 0.25) is 5.91 Å². The van der Waals surface area contributed by atoms with Gasteiger partial charge in [0.05, 0.1) is 6.61 Å². The van der Waals surface area contributed by atoms with Crippen LogP contribution in [0.15, 0.2) is 42.5 Å². The maximum atomic E-state index is 13.1. The Labute approximate surface area is 153 Å². The van der Waals surface area contributed by atoms with Gasteiger partial charge in [-0.1, -0.05) is 24.3 Å². The van der Waals surface area contributed by atoms with Crippen LogP contribution in [-0.2, 0) is 24.3 Å². The van der Waals surface area contributed by atoms with E-state index in [9.17, 15) is 9.18 Å². The van der Waals surface area contributed by atoms with Gasteiger partial charge in [-0.15, -0.1) is 0 Å². The van der Waals surface area contributed by atoms with Gasteiger partial charge in [-0.25, -0.2) is 4.39 Å². The van der Waals surface area contributed by atoms with Gasteiger partial charge in [0.15, 0.2) is 0 Å². The molecule has 0 saturated carbocycles. The molecule has 5 heteroatoms. The van der Waals surface area contributed by atoms with Gasteiger partial charge in [0, 0.05) is 45.6 Å². The average molecular weight is 354 g/mol. The monoisotopic (exact) mass is 354 g/mol. The number of carbonyl (C=O) groups is 1. The predicted molar refractivity (Wildman–Crippen MR) is 97.4 cm³/mol. The van der Waals surface area contributed by atoms with Gasteiger partial charge in [0.1, 0.15) is 11.6 Å². The molecule has 2 aromatic rings. The highest BCUT2D eigenvalue weighted by atomic mass is 19.1. The van der Waals surface area contributed by atoms with Crippen molar-refractivity contribution in [2.45, 2.75) is 25.9 Å². The molecule has 2 aliphatic rings. The smallest absolute Gasteiger partial charge is 0.224 e. The largest absolute Gasteiger partial charge is 0.493 e. The van der Waals surface area contributed by atoms with E-state index in [0.717, 1.165) is 44.0 Å². The first-order chi connectivity index (χ1) is 12.7. The van der Waals surface area contributed by atoms with Crippen molar-refractivity contribution in [2.75, 3.05) is 26.2 Å². The second kappa shape index (κ2) is 7.46. The number of rotatable bonds is 4. The molecule has 1 amide bonds. The molecule has 4 nitrogen and oxygen atoms in total. The van der Waals surface area contributed by atoms with Gasteiger partial charge in [-0.05, 0) is 34.9 Å². The van der Waals surface area contributed by atoms with Gasteiger partial charge in [-0.3, -0.25) is 9.69 Å². The van der Waals surface area contributed by atoms with Crippen LogP contribution in [0.5, 0.6) is 5.75 Å². The molecule has 1 saturated heterocycles. The summed E-state index contributed by atoms with van der Waals surface area (Å²) in [5.41, 5.74) is 3.52. The summed E-state index contributed by atoms with van der Waals surface area (Å²) < 4.78 is 18.6. The molecule has 26 heavy (non-hydrogen) atoms. The van der Waals surface area contributed by atoms with Gasteiger partial charge >= 0.3 is 0 Å². The minimum absolute atomic E-state index is 0.166. The zero-order chi connectivity index (χ0) is 17.9. The molecule has 0 spiro atoms. The van der Waals surface area contributed by atoms with Gasteiger partial charge in [0.25, 0.3) is 0 Å². The van der Waals surface area contributed by atoms with E-state index >= 15 is 0 Å². The quantitative estimate of drug-likeness (QED) is 0.846. The van der Waals surface area contributed by atoms with E-state index < -0.39 is 0 Å². The molecule has 4 rings (SSSR count). The molecule has 0 unspecified atom stereocenters. The third-order valence-corrected chi connectivity index (χ3v) is 5.13. The van der Waals surface area contributed by atoms with Crippen LogP contribution in [0.3, 0.4) is 0 Å². The van der Waals surface area contributed by atoms with E-state index in [1.165, 1.54) is 23.3 Å². The first kappa shape index (κ1) is 17.0. The number of halogens is 1. The van der Waals surface area contributed by atoms with Crippen molar-refractivity contribution < 1.29 is 13.9 Å². The number of amides is 1. The Balaban J connectivity index is 1.37. The lowest BCUT2D eigenvalue weighted by Crippen LogP contribution is -2.32. The molecular weight excluding hydrogens is 331 g/mol. The van der Waals surface area contributed by atoms with Crippen LogP contribution in [0.4, 0.5) is 4.39 Å². The Kier molecular flexibility index (Phi) is 4.89. The summed E-state index contributed by atoms with van der Waals surface area (Å²) in [4.78, 5) is 16.7. The van der Waals surface area contributed by atoms with Crippen LogP contribution < -0.4 is 4.74 Å². The van der Waals surface area contributed by atoms with Gasteiger partial charge < -0.3 is 9.64 Å². The summed E-state index contributed by atoms with van der Waals surface area (Å²) in [5, 5.41) is 0. The maximum absolute atomic E-state index is 13.1. The van der Waals surface area contributed by atoms with E-state index in [4.69, 9.17) is 4.74 Å². The summed E-state index contributed by atoms with van der Waals surface area (Å²) in [6, 6.07) is 12.8. The zero-order valence-corrected chi connectivity index (χ0v) is 14.8. The molecule has 136 valence electrons. The number of fused-ring (bicyclic) bond motifs is 1. The second-order valence-corrected chi connectivity index (χ2v) is 7.01. The first-order valence-corrected chi connectivity index (χ1v) is 9.16. The van der Waals surface area contributed by atoms with Crippen LogP contribution in [0.25, 0.3) is 0 Å². The third-order valence-electron chi connectivity index (χ3n) is 5.13. The average Bonchev–Trinajstić information content (AvgIpc) is 3.05. The number of carbonyl (C=O) groups excluding carboxylic acids is 1. The van der Waals surface area contributed by atoms with E-state index in [-0.39, 0.29) is 11.7 Å². The third kappa shape index (κ3) is 3.88. The SMILES string of the molecule is O=C1CCN(Cc2ccc3c(c2)CCO3)CCN1Cc1ccc(F)cc1. The Bertz CT molecular complexity index is 791. The highest BCUT2D eigenvalue weighted by Gasteiger charge is 2.21. The summed E-state index contributed by atoms with van der Waals surface area (Å²) in [7, 11) is 0. The molecule has 1 fully saturated rings. The van der Waals surface area contributed by atoms with Crippen molar-refractivity contribution in [2.24, 2.45) is 0 Å². The number of ether oxygens (including phenoxy) is 1. The number of benzene rings is 2. The Hall–Kier alpha value is -2.40. The van der Waals surface area contributed by atoms with E-state index in [1.807, 2.05) is 4.90 Å². The molecule has 2 aliphatic heterocycles. The van der Waals surface area contributed by atoms with Crippen molar-refractivity contribution in [1.82, 2.24) is 9.80 Å². The van der Waals surface area contributed by atoms with E-state index in [0.29, 0.717) is 19.5 Å². The predicted octanol–water partition coefficient (Wildman–Crippen LogP) is 3.00. The van der Waals surface area contributed by atoms with E-state index in [2.05, 4.69) is 23.1 Å². The topological polar surface area (TPSA) is 32.8 Å². The fourth-order valence-electron chi connectivity index (χ4n) is 3.64. The molecule has 0 radical (unpaired) electrons. The Morgan fingerprint density at radius 2 is 1.73 bits per heavy atom. The summed E-state index contributed by atoms with van der Waals surface area (Å²) in [6.07, 6.45) is 1.50. The van der Waals surface area contributed by atoms with Crippen molar-refractivity contribution >= 4 is 5.91 Å². The van der Waals surface area contributed by atoms with Crippen LogP contribution in [0.2, 0.25) is 0 Å². The van der Waals surface area contributed by atoms with E-state index in [1.54, 1.807) is 12.1 Å². The van der Waals surface area contributed by atoms with Crippen LogP contribution in [0, 0.1) is 5.82 Å². The summed E-state index contributed by atoms with van der Waals surface area (Å²) >= 11 is 0. The van der Waals surface area contributed by atoms with Crippen molar-refractivity contribution in [3.63, 3.8) is 0 Å². The first-order valence-electron chi connectivity index (χ1n) is 9.16. The molecule has 0 aliphatic carbocycles. The lowest BCUT2D eigenvalue weighted by atomic mass is 10.1. The molecule has 0 aromatic heterocycles. The van der Waals surface area contributed by atoms with Crippen LogP contribution >= 0.6 is 0 Å². The van der Waals surface area contributed by atoms with Crippen molar-refractivity contribution in [1.29, 1.82) is 0 Å². The Morgan fingerprint density at radius 3 is 2.58 bits per heavy atom. The minimum Gasteiger partial charge on any atom is -0.493 e. The molecule has 0 bridgehead atoms. The fourth-order valence-corrected chi connectivity index (χ4v) is 3.64. The fraction of sp³-hybridized carbons (Fsp3) is 0.381. The van der Waals surface area contributed by atoms with Crippen molar-refractivity contribution in [3.8, 4) is 5.75 Å². The summed E-state index contributed by atoms with van der Waals surface area (Å²) in [5.74, 6) is 0.923. The lowest BCUT2D eigenvalue weighted by molar-refractivity contribution is -0.130. The lowest BCUT2D eigenvalue weighted by Gasteiger charge is -2.22. The Morgan fingerprint density at radius 1 is 0.923 bits per heavy atom. The molecule has 0 atom stereocenters. The second-order valence-electron chi connectivity index (χ2n) is 7.01. The normalized spacial score (nSPS) is 17.7. The molecular formula is C21H23FN2O2. The zero-order valence-electron chi connectivity index (χ0n) is 14.8. The minimum atomic E-state index is -0.248. The standard InChI is InChI=1S/C21H23FN2O2/c22-19-4-1-16(2-5-19)15-24-11-10-23(9-7-21(24)25)14-17-3-6-20-18(13-17)8-12-26-20/h1-6,13H,7-12,14-15H2. The van der Waals surface area contributed by atoms with Gasteiger partial charge in [-0.2, -0.15) is 0 Å². The highest BCUT2D eigenvalue weighted by molar-refractivity contribution is 5.76. The van der Waals surface area contributed by atoms with Crippen molar-refractivity contribution in [3.05, 3.63) is 65.0 Å². The summed E-state index contributed by atoms with van der Waals surface area (Å²) in [6.45, 7) is 4.49. The number of hydrogen-bond acceptors (Lipinski definition) is 3. The molecule has 0 N–H and O–H groups in total. The molecule has 2 aromatic carbocycles.